The van der Waals surface area contributed by atoms with E-state index in [-0.39, 0.29) is 23.8 Å². The SMILES string of the molecule is CCN(CCCNC(=O)c1nc(Cn2nc(-c3ccc(C)cc3)ccc2=O)no1)Cc1ccccc1. The number of amides is 1. The van der Waals surface area contributed by atoms with Crippen molar-refractivity contribution in [3.8, 4) is 11.3 Å². The summed E-state index contributed by atoms with van der Waals surface area (Å²) in [5.41, 5.74) is 3.66. The molecule has 2 heterocycles. The third kappa shape index (κ3) is 6.73. The monoisotopic (exact) mass is 486 g/mol. The van der Waals surface area contributed by atoms with E-state index in [1.165, 1.54) is 16.3 Å². The molecule has 0 saturated carbocycles. The minimum Gasteiger partial charge on any atom is -0.348 e. The molecule has 0 radical (unpaired) electrons. The van der Waals surface area contributed by atoms with Crippen molar-refractivity contribution in [2.24, 2.45) is 0 Å². The summed E-state index contributed by atoms with van der Waals surface area (Å²) in [6.45, 7) is 7.27. The smallest absolute Gasteiger partial charge is 0.316 e. The summed E-state index contributed by atoms with van der Waals surface area (Å²) in [7, 11) is 0. The highest BCUT2D eigenvalue weighted by Gasteiger charge is 2.16. The lowest BCUT2D eigenvalue weighted by molar-refractivity contribution is 0.0907. The third-order valence-corrected chi connectivity index (χ3v) is 5.80. The van der Waals surface area contributed by atoms with Crippen LogP contribution in [0.3, 0.4) is 0 Å². The van der Waals surface area contributed by atoms with Crippen LogP contribution in [0.15, 0.2) is 76.0 Å². The Kier molecular flexibility index (Phi) is 8.36. The molecular weight excluding hydrogens is 456 g/mol. The maximum atomic E-state index is 12.4. The molecule has 9 nitrogen and oxygen atoms in total. The van der Waals surface area contributed by atoms with Gasteiger partial charge in [0.25, 0.3) is 5.56 Å². The van der Waals surface area contributed by atoms with Crippen LogP contribution in [0.1, 0.15) is 41.0 Å². The average Bonchev–Trinajstić information content (AvgIpc) is 3.37. The fraction of sp³-hybridized carbons (Fsp3) is 0.296. The van der Waals surface area contributed by atoms with E-state index in [1.807, 2.05) is 49.4 Å². The maximum Gasteiger partial charge on any atom is 0.316 e. The van der Waals surface area contributed by atoms with Crippen LogP contribution in [0.25, 0.3) is 11.3 Å². The van der Waals surface area contributed by atoms with E-state index in [4.69, 9.17) is 4.52 Å². The lowest BCUT2D eigenvalue weighted by atomic mass is 10.1. The van der Waals surface area contributed by atoms with E-state index in [9.17, 15) is 9.59 Å². The van der Waals surface area contributed by atoms with Gasteiger partial charge in [0.05, 0.1) is 5.69 Å². The number of hydrogen-bond donors (Lipinski definition) is 1. The Bertz CT molecular complexity index is 1330. The summed E-state index contributed by atoms with van der Waals surface area (Å²) in [5.74, 6) is -0.367. The van der Waals surface area contributed by atoms with Crippen LogP contribution in [0.5, 0.6) is 0 Å². The molecule has 1 amide bonds. The lowest BCUT2D eigenvalue weighted by Gasteiger charge is -2.20. The third-order valence-electron chi connectivity index (χ3n) is 5.80. The highest BCUT2D eigenvalue weighted by Crippen LogP contribution is 2.16. The van der Waals surface area contributed by atoms with Crippen LogP contribution >= 0.6 is 0 Å². The van der Waals surface area contributed by atoms with Crippen LogP contribution < -0.4 is 10.9 Å². The molecule has 0 atom stereocenters. The molecule has 36 heavy (non-hydrogen) atoms. The van der Waals surface area contributed by atoms with E-state index in [1.54, 1.807) is 6.07 Å². The van der Waals surface area contributed by atoms with E-state index >= 15 is 0 Å². The number of benzene rings is 2. The predicted molar refractivity (Wildman–Crippen MR) is 136 cm³/mol. The first-order valence-electron chi connectivity index (χ1n) is 12.0. The van der Waals surface area contributed by atoms with Crippen molar-refractivity contribution in [2.45, 2.75) is 33.4 Å². The highest BCUT2D eigenvalue weighted by molar-refractivity contribution is 5.89. The van der Waals surface area contributed by atoms with Gasteiger partial charge in [0, 0.05) is 31.3 Å². The average molecular weight is 487 g/mol. The van der Waals surface area contributed by atoms with Crippen LogP contribution in [-0.2, 0) is 13.1 Å². The van der Waals surface area contributed by atoms with Gasteiger partial charge in [-0.05, 0) is 31.5 Å². The van der Waals surface area contributed by atoms with Crippen molar-refractivity contribution in [1.82, 2.24) is 30.1 Å². The van der Waals surface area contributed by atoms with Crippen LogP contribution in [0.2, 0.25) is 0 Å². The highest BCUT2D eigenvalue weighted by atomic mass is 16.5. The van der Waals surface area contributed by atoms with E-state index in [0.717, 1.165) is 37.2 Å². The fourth-order valence-electron chi connectivity index (χ4n) is 3.76. The van der Waals surface area contributed by atoms with Gasteiger partial charge in [-0.2, -0.15) is 10.1 Å². The van der Waals surface area contributed by atoms with Gasteiger partial charge >= 0.3 is 11.8 Å². The maximum absolute atomic E-state index is 12.4. The van der Waals surface area contributed by atoms with Crippen molar-refractivity contribution < 1.29 is 9.32 Å². The Labute approximate surface area is 209 Å². The molecule has 0 unspecified atom stereocenters. The quantitative estimate of drug-likeness (QED) is 0.324. The standard InChI is InChI=1S/C27H30N6O3/c1-3-32(18-21-8-5-4-6-9-21)17-7-16-28-26(35)27-29-24(31-36-27)19-33-25(34)15-14-23(30-33)22-12-10-20(2)11-13-22/h4-6,8-15H,3,7,16-19H2,1-2H3,(H,28,35). The van der Waals surface area contributed by atoms with Crippen LogP contribution in [-0.4, -0.2) is 50.4 Å². The second-order valence-corrected chi connectivity index (χ2v) is 8.56. The normalized spacial score (nSPS) is 11.1. The molecule has 0 spiro atoms. The molecule has 2 aromatic carbocycles. The molecule has 4 aromatic rings. The summed E-state index contributed by atoms with van der Waals surface area (Å²) in [5, 5.41) is 11.1. The first-order chi connectivity index (χ1) is 17.5. The van der Waals surface area contributed by atoms with Crippen molar-refractivity contribution >= 4 is 5.91 Å². The van der Waals surface area contributed by atoms with Crippen LogP contribution in [0, 0.1) is 6.92 Å². The zero-order valence-corrected chi connectivity index (χ0v) is 20.6. The van der Waals surface area contributed by atoms with Gasteiger partial charge in [-0.15, -0.1) is 0 Å². The summed E-state index contributed by atoms with van der Waals surface area (Å²) < 4.78 is 6.38. The van der Waals surface area contributed by atoms with Crippen molar-refractivity contribution in [3.63, 3.8) is 0 Å². The Morgan fingerprint density at radius 3 is 2.58 bits per heavy atom. The van der Waals surface area contributed by atoms with Gasteiger partial charge < -0.3 is 9.84 Å². The number of carbonyl (C=O) groups is 1. The summed E-state index contributed by atoms with van der Waals surface area (Å²) in [6, 6.07) is 21.3. The van der Waals surface area contributed by atoms with Gasteiger partial charge in [-0.25, -0.2) is 4.68 Å². The fourth-order valence-corrected chi connectivity index (χ4v) is 3.76. The number of aromatic nitrogens is 4. The number of aryl methyl sites for hydroxylation is 1. The molecule has 0 fully saturated rings. The first kappa shape index (κ1) is 25.0. The summed E-state index contributed by atoms with van der Waals surface area (Å²) >= 11 is 0. The largest absolute Gasteiger partial charge is 0.348 e. The molecule has 2 aromatic heterocycles. The van der Waals surface area contributed by atoms with Gasteiger partial charge in [-0.3, -0.25) is 14.5 Å². The Hall–Kier alpha value is -4.11. The van der Waals surface area contributed by atoms with Gasteiger partial charge in [0.2, 0.25) is 0 Å². The number of nitrogens with one attached hydrogen (secondary N) is 1. The van der Waals surface area contributed by atoms with Gasteiger partial charge in [0.15, 0.2) is 5.82 Å². The second kappa shape index (κ2) is 12.0. The number of nitrogens with zero attached hydrogens (tertiary/aromatic N) is 5. The van der Waals surface area contributed by atoms with Crippen molar-refractivity contribution in [2.75, 3.05) is 19.6 Å². The molecule has 9 heteroatoms. The second-order valence-electron chi connectivity index (χ2n) is 8.56. The van der Waals surface area contributed by atoms with E-state index < -0.39 is 5.91 Å². The molecule has 0 saturated heterocycles. The number of hydrogen-bond acceptors (Lipinski definition) is 7. The van der Waals surface area contributed by atoms with E-state index in [0.29, 0.717) is 12.2 Å². The topological polar surface area (TPSA) is 106 Å². The molecule has 1 N–H and O–H groups in total. The summed E-state index contributed by atoms with van der Waals surface area (Å²) in [4.78, 5) is 31.2. The van der Waals surface area contributed by atoms with Gasteiger partial charge in [-0.1, -0.05) is 72.2 Å². The van der Waals surface area contributed by atoms with Crippen molar-refractivity contribution in [1.29, 1.82) is 0 Å². The molecule has 186 valence electrons. The summed E-state index contributed by atoms with van der Waals surface area (Å²) in [6.07, 6.45) is 0.790. The van der Waals surface area contributed by atoms with Crippen LogP contribution in [0.4, 0.5) is 0 Å². The Balaban J connectivity index is 1.29. The first-order valence-corrected chi connectivity index (χ1v) is 12.0. The minimum atomic E-state index is -0.437. The Morgan fingerprint density at radius 2 is 1.83 bits per heavy atom. The zero-order chi connectivity index (χ0) is 25.3. The van der Waals surface area contributed by atoms with E-state index in [2.05, 4.69) is 44.5 Å². The number of carbonyl (C=O) groups excluding carboxylic acids is 1. The zero-order valence-electron chi connectivity index (χ0n) is 20.6. The molecular formula is C27H30N6O3. The predicted octanol–water partition coefficient (Wildman–Crippen LogP) is 3.29. The number of rotatable bonds is 11. The molecule has 0 aliphatic rings. The molecule has 0 aliphatic heterocycles. The molecule has 0 aliphatic carbocycles. The van der Waals surface area contributed by atoms with Gasteiger partial charge in [0.1, 0.15) is 6.54 Å². The molecule has 4 rings (SSSR count). The van der Waals surface area contributed by atoms with Crippen molar-refractivity contribution in [3.05, 3.63) is 99.9 Å². The lowest BCUT2D eigenvalue weighted by Crippen LogP contribution is -2.30. The molecule has 0 bridgehead atoms. The Morgan fingerprint density at radius 1 is 1.06 bits per heavy atom. The minimum absolute atomic E-state index is 0.000259.